The molecule has 1 amide bonds. The number of nitrogens with one attached hydrogen (secondary N) is 1. The minimum absolute atomic E-state index is 0.0284. The minimum atomic E-state index is -0.985. The van der Waals surface area contributed by atoms with Crippen molar-refractivity contribution in [2.45, 2.75) is 31.8 Å². The Morgan fingerprint density at radius 1 is 1.33 bits per heavy atom. The standard InChI is InChI=1S/C16H19NO4/c18-15(9-8-14-2-1-11-21-14)17-13-6-3-12(4-7-13)5-10-16(19)20/h3-7,10,14H,1-2,8-9,11H2,(H,17,18)(H,19,20)/b10-5+. The maximum absolute atomic E-state index is 11.8. The van der Waals surface area contributed by atoms with Crippen molar-refractivity contribution < 1.29 is 19.4 Å². The monoisotopic (exact) mass is 289 g/mol. The number of ether oxygens (including phenoxy) is 1. The van der Waals surface area contributed by atoms with Crippen molar-refractivity contribution in [1.29, 1.82) is 0 Å². The maximum Gasteiger partial charge on any atom is 0.328 e. The predicted octanol–water partition coefficient (Wildman–Crippen LogP) is 2.68. The summed E-state index contributed by atoms with van der Waals surface area (Å²) < 4.78 is 5.48. The van der Waals surface area contributed by atoms with Crippen LogP contribution in [0.5, 0.6) is 0 Å². The number of rotatable bonds is 6. The molecule has 1 atom stereocenters. The lowest BCUT2D eigenvalue weighted by Crippen LogP contribution is -2.15. The van der Waals surface area contributed by atoms with E-state index in [1.807, 2.05) is 0 Å². The first kappa shape index (κ1) is 15.3. The van der Waals surface area contributed by atoms with Crippen LogP contribution in [-0.2, 0) is 14.3 Å². The summed E-state index contributed by atoms with van der Waals surface area (Å²) in [6.07, 6.45) is 6.13. The lowest BCUT2D eigenvalue weighted by Gasteiger charge is -2.09. The fraction of sp³-hybridized carbons (Fsp3) is 0.375. The van der Waals surface area contributed by atoms with Gasteiger partial charge in [0.15, 0.2) is 0 Å². The molecule has 1 aromatic carbocycles. The molecule has 1 fully saturated rings. The number of carboxylic acids is 1. The summed E-state index contributed by atoms with van der Waals surface area (Å²) in [4.78, 5) is 22.2. The van der Waals surface area contributed by atoms with Crippen molar-refractivity contribution in [1.82, 2.24) is 0 Å². The zero-order valence-corrected chi connectivity index (χ0v) is 11.7. The Morgan fingerprint density at radius 2 is 2.10 bits per heavy atom. The second kappa shape index (κ2) is 7.59. The molecule has 2 N–H and O–H groups in total. The quantitative estimate of drug-likeness (QED) is 0.789. The van der Waals surface area contributed by atoms with E-state index < -0.39 is 5.97 Å². The van der Waals surface area contributed by atoms with Crippen molar-refractivity contribution >= 4 is 23.6 Å². The van der Waals surface area contributed by atoms with Crippen LogP contribution in [0.4, 0.5) is 5.69 Å². The molecule has 1 saturated heterocycles. The molecule has 0 bridgehead atoms. The number of amides is 1. The van der Waals surface area contributed by atoms with Crippen LogP contribution < -0.4 is 5.32 Å². The Bertz CT molecular complexity index is 516. The number of benzene rings is 1. The first-order chi connectivity index (χ1) is 10.1. The van der Waals surface area contributed by atoms with Crippen LogP contribution in [0, 0.1) is 0 Å². The fourth-order valence-corrected chi connectivity index (χ4v) is 2.23. The first-order valence-electron chi connectivity index (χ1n) is 7.06. The molecule has 0 aliphatic carbocycles. The van der Waals surface area contributed by atoms with Crippen LogP contribution in [0.2, 0.25) is 0 Å². The van der Waals surface area contributed by atoms with Gasteiger partial charge in [-0.3, -0.25) is 4.79 Å². The van der Waals surface area contributed by atoms with Crippen LogP contribution in [0.1, 0.15) is 31.2 Å². The predicted molar refractivity (Wildman–Crippen MR) is 79.9 cm³/mol. The molecule has 1 aliphatic heterocycles. The lowest BCUT2D eigenvalue weighted by atomic mass is 10.1. The topological polar surface area (TPSA) is 75.6 Å². The summed E-state index contributed by atoms with van der Waals surface area (Å²) >= 11 is 0. The largest absolute Gasteiger partial charge is 0.478 e. The second-order valence-electron chi connectivity index (χ2n) is 5.02. The van der Waals surface area contributed by atoms with E-state index in [4.69, 9.17) is 9.84 Å². The van der Waals surface area contributed by atoms with E-state index in [9.17, 15) is 9.59 Å². The van der Waals surface area contributed by atoms with E-state index in [0.717, 1.165) is 37.5 Å². The normalized spacial score (nSPS) is 18.0. The molecule has 1 aromatic rings. The third-order valence-corrected chi connectivity index (χ3v) is 3.33. The average Bonchev–Trinajstić information content (AvgIpc) is 2.98. The van der Waals surface area contributed by atoms with Crippen molar-refractivity contribution in [2.24, 2.45) is 0 Å². The molecule has 0 radical (unpaired) electrons. The van der Waals surface area contributed by atoms with Gasteiger partial charge in [0.1, 0.15) is 0 Å². The van der Waals surface area contributed by atoms with Crippen LogP contribution in [0.25, 0.3) is 6.08 Å². The van der Waals surface area contributed by atoms with Gasteiger partial charge in [-0.25, -0.2) is 4.79 Å². The Kier molecular flexibility index (Phi) is 5.51. The van der Waals surface area contributed by atoms with E-state index >= 15 is 0 Å². The highest BCUT2D eigenvalue weighted by Gasteiger charge is 2.16. The van der Waals surface area contributed by atoms with Gasteiger partial charge in [-0.1, -0.05) is 12.1 Å². The van der Waals surface area contributed by atoms with Crippen LogP contribution in [-0.4, -0.2) is 29.7 Å². The van der Waals surface area contributed by atoms with Crippen molar-refractivity contribution in [2.75, 3.05) is 11.9 Å². The molecule has 2 rings (SSSR count). The molecule has 1 aliphatic rings. The van der Waals surface area contributed by atoms with Gasteiger partial charge in [0.2, 0.25) is 5.91 Å². The van der Waals surface area contributed by atoms with Gasteiger partial charge in [-0.2, -0.15) is 0 Å². The number of carbonyl (C=O) groups excluding carboxylic acids is 1. The molecular weight excluding hydrogens is 270 g/mol. The van der Waals surface area contributed by atoms with Gasteiger partial charge in [0, 0.05) is 24.8 Å². The van der Waals surface area contributed by atoms with Gasteiger partial charge in [0.25, 0.3) is 0 Å². The average molecular weight is 289 g/mol. The molecule has 5 nitrogen and oxygen atoms in total. The van der Waals surface area contributed by atoms with Gasteiger partial charge in [-0.15, -0.1) is 0 Å². The SMILES string of the molecule is O=C(O)/C=C/c1ccc(NC(=O)CCC2CCCO2)cc1. The summed E-state index contributed by atoms with van der Waals surface area (Å²) in [5.41, 5.74) is 1.48. The summed E-state index contributed by atoms with van der Waals surface area (Å²) in [5, 5.41) is 11.4. The van der Waals surface area contributed by atoms with Gasteiger partial charge in [-0.05, 0) is 43.0 Å². The Hall–Kier alpha value is -2.14. The number of hydrogen-bond donors (Lipinski definition) is 2. The molecule has 5 heteroatoms. The van der Waals surface area contributed by atoms with Gasteiger partial charge < -0.3 is 15.2 Å². The van der Waals surface area contributed by atoms with E-state index in [1.54, 1.807) is 24.3 Å². The van der Waals surface area contributed by atoms with Crippen LogP contribution >= 0.6 is 0 Å². The fourth-order valence-electron chi connectivity index (χ4n) is 2.23. The Morgan fingerprint density at radius 3 is 2.71 bits per heavy atom. The van der Waals surface area contributed by atoms with E-state index in [-0.39, 0.29) is 12.0 Å². The zero-order chi connectivity index (χ0) is 15.1. The van der Waals surface area contributed by atoms with Crippen molar-refractivity contribution in [3.05, 3.63) is 35.9 Å². The summed E-state index contributed by atoms with van der Waals surface area (Å²) in [5.74, 6) is -1.01. The summed E-state index contributed by atoms with van der Waals surface area (Å²) in [6, 6.07) is 7.03. The molecule has 21 heavy (non-hydrogen) atoms. The number of aliphatic carboxylic acids is 1. The molecule has 0 aromatic heterocycles. The number of carbonyl (C=O) groups is 2. The Balaban J connectivity index is 1.79. The second-order valence-corrected chi connectivity index (χ2v) is 5.02. The number of hydrogen-bond acceptors (Lipinski definition) is 3. The lowest BCUT2D eigenvalue weighted by molar-refractivity contribution is -0.131. The van der Waals surface area contributed by atoms with Gasteiger partial charge >= 0.3 is 5.97 Å². The van der Waals surface area contributed by atoms with E-state index in [1.165, 1.54) is 6.08 Å². The van der Waals surface area contributed by atoms with Crippen LogP contribution in [0.3, 0.4) is 0 Å². The molecule has 0 saturated carbocycles. The van der Waals surface area contributed by atoms with E-state index in [2.05, 4.69) is 5.32 Å². The Labute approximate surface area is 123 Å². The first-order valence-corrected chi connectivity index (χ1v) is 7.06. The maximum atomic E-state index is 11.8. The molecule has 1 unspecified atom stereocenters. The zero-order valence-electron chi connectivity index (χ0n) is 11.7. The summed E-state index contributed by atoms with van der Waals surface area (Å²) in [7, 11) is 0. The molecule has 0 spiro atoms. The molecule has 1 heterocycles. The van der Waals surface area contributed by atoms with E-state index in [0.29, 0.717) is 12.1 Å². The van der Waals surface area contributed by atoms with Crippen LogP contribution in [0.15, 0.2) is 30.3 Å². The summed E-state index contributed by atoms with van der Waals surface area (Å²) in [6.45, 7) is 0.803. The minimum Gasteiger partial charge on any atom is -0.478 e. The number of carboxylic acid groups (broad SMARTS) is 1. The third kappa shape index (κ3) is 5.39. The van der Waals surface area contributed by atoms with Gasteiger partial charge in [0.05, 0.1) is 6.10 Å². The van der Waals surface area contributed by atoms with Crippen molar-refractivity contribution in [3.8, 4) is 0 Å². The third-order valence-electron chi connectivity index (χ3n) is 3.33. The molecular formula is C16H19NO4. The molecule has 112 valence electrons. The smallest absolute Gasteiger partial charge is 0.328 e. The highest BCUT2D eigenvalue weighted by Crippen LogP contribution is 2.17. The highest BCUT2D eigenvalue weighted by molar-refractivity contribution is 5.91. The van der Waals surface area contributed by atoms with Crippen molar-refractivity contribution in [3.63, 3.8) is 0 Å². The highest BCUT2D eigenvalue weighted by atomic mass is 16.5. The number of anilines is 1.